The third-order valence-corrected chi connectivity index (χ3v) is 3.17. The van der Waals surface area contributed by atoms with E-state index in [1.807, 2.05) is 32.0 Å². The third-order valence-electron chi connectivity index (χ3n) is 3.17. The predicted octanol–water partition coefficient (Wildman–Crippen LogP) is 2.82. The zero-order valence-electron chi connectivity index (χ0n) is 12.1. The maximum absolute atomic E-state index is 12.6. The molecule has 4 nitrogen and oxygen atoms in total. The Morgan fingerprint density at radius 3 is 2.55 bits per heavy atom. The molecule has 1 fully saturated rings. The molecule has 1 heterocycles. The Kier molecular flexibility index (Phi) is 5.29. The Balaban J connectivity index is 2.03. The van der Waals surface area contributed by atoms with Gasteiger partial charge >= 0.3 is 0 Å². The largest absolute Gasteiger partial charge is 0.379 e. The number of ether oxygens (including phenoxy) is 3. The van der Waals surface area contributed by atoms with Crippen LogP contribution in [0.1, 0.15) is 37.0 Å². The fourth-order valence-corrected chi connectivity index (χ4v) is 2.09. The van der Waals surface area contributed by atoms with Gasteiger partial charge in [0.05, 0.1) is 13.2 Å². The third kappa shape index (κ3) is 3.26. The van der Waals surface area contributed by atoms with Gasteiger partial charge in [0, 0.05) is 12.2 Å². The summed E-state index contributed by atoms with van der Waals surface area (Å²) in [7, 11) is 0. The van der Waals surface area contributed by atoms with Crippen molar-refractivity contribution in [1.29, 1.82) is 0 Å². The summed E-state index contributed by atoms with van der Waals surface area (Å²) >= 11 is 0. The molecule has 1 aromatic carbocycles. The van der Waals surface area contributed by atoms with Gasteiger partial charge in [-0.3, -0.25) is 4.79 Å². The Bertz CT molecular complexity index is 431. The minimum Gasteiger partial charge on any atom is -0.379 e. The molecule has 1 aromatic rings. The highest BCUT2D eigenvalue weighted by Crippen LogP contribution is 2.41. The number of ketones is 1. The molecule has 0 amide bonds. The molecule has 0 aliphatic carbocycles. The summed E-state index contributed by atoms with van der Waals surface area (Å²) in [6.07, 6.45) is 1.49. The highest BCUT2D eigenvalue weighted by atomic mass is 16.8. The lowest BCUT2D eigenvalue weighted by Gasteiger charge is -2.13. The van der Waals surface area contributed by atoms with Crippen molar-refractivity contribution in [2.75, 3.05) is 19.8 Å². The Labute approximate surface area is 120 Å². The fourth-order valence-electron chi connectivity index (χ4n) is 2.09. The molecule has 0 bridgehead atoms. The molecule has 1 aliphatic heterocycles. The molecule has 1 aliphatic rings. The lowest BCUT2D eigenvalue weighted by atomic mass is 10.0. The lowest BCUT2D eigenvalue weighted by Crippen LogP contribution is -2.33. The molecular weight excluding hydrogens is 256 g/mol. The monoisotopic (exact) mass is 278 g/mol. The molecule has 0 radical (unpaired) electrons. The van der Waals surface area contributed by atoms with Gasteiger partial charge in [-0.25, -0.2) is 0 Å². The number of carbonyl (C=O) groups excluding carboxylic acids is 1. The maximum atomic E-state index is 12.6. The zero-order chi connectivity index (χ0) is 14.4. The molecule has 110 valence electrons. The van der Waals surface area contributed by atoms with E-state index in [0.717, 1.165) is 12.8 Å². The van der Waals surface area contributed by atoms with Crippen LogP contribution >= 0.6 is 0 Å². The molecule has 1 saturated heterocycles. The minimum absolute atomic E-state index is 0.114. The normalized spacial score (nSPS) is 24.6. The smallest absolute Gasteiger partial charge is 0.263 e. The van der Waals surface area contributed by atoms with Crippen LogP contribution in [0.5, 0.6) is 0 Å². The van der Waals surface area contributed by atoms with Crippen LogP contribution in [-0.4, -0.2) is 37.5 Å². The second-order valence-corrected chi connectivity index (χ2v) is 4.89. The van der Waals surface area contributed by atoms with Gasteiger partial charge < -0.3 is 14.2 Å². The molecule has 20 heavy (non-hydrogen) atoms. The van der Waals surface area contributed by atoms with Crippen molar-refractivity contribution in [3.63, 3.8) is 0 Å². The fraction of sp³-hybridized carbons (Fsp3) is 0.562. The van der Waals surface area contributed by atoms with Gasteiger partial charge in [-0.2, -0.15) is 0 Å². The Hall–Kier alpha value is -1.23. The van der Waals surface area contributed by atoms with E-state index in [4.69, 9.17) is 14.2 Å². The number of rotatable bonds is 9. The first-order chi connectivity index (χ1) is 9.74. The van der Waals surface area contributed by atoms with Crippen molar-refractivity contribution in [3.05, 3.63) is 35.9 Å². The van der Waals surface area contributed by atoms with Crippen LogP contribution in [-0.2, 0) is 14.2 Å². The van der Waals surface area contributed by atoms with Crippen LogP contribution in [0.15, 0.2) is 30.3 Å². The van der Waals surface area contributed by atoms with Gasteiger partial charge in [0.25, 0.3) is 5.79 Å². The first-order valence-electron chi connectivity index (χ1n) is 7.24. The van der Waals surface area contributed by atoms with E-state index < -0.39 is 5.79 Å². The van der Waals surface area contributed by atoms with Crippen molar-refractivity contribution in [1.82, 2.24) is 0 Å². The topological polar surface area (TPSA) is 48.1 Å². The number of Topliss-reactive ketones (excluding diaryl/α,β-unsaturated/α-hetero) is 1. The van der Waals surface area contributed by atoms with Gasteiger partial charge in [0.1, 0.15) is 6.10 Å². The molecule has 2 atom stereocenters. The number of carbonyl (C=O) groups is 1. The van der Waals surface area contributed by atoms with Gasteiger partial charge in [-0.1, -0.05) is 44.2 Å². The van der Waals surface area contributed by atoms with Crippen LogP contribution in [0.25, 0.3) is 0 Å². The second-order valence-electron chi connectivity index (χ2n) is 4.89. The molecule has 0 spiro atoms. The average molecular weight is 278 g/mol. The predicted molar refractivity (Wildman–Crippen MR) is 75.7 cm³/mol. The molecular formula is C16H22O4. The molecule has 2 unspecified atom stereocenters. The van der Waals surface area contributed by atoms with Crippen molar-refractivity contribution in [2.45, 2.75) is 38.6 Å². The molecule has 4 heteroatoms. The van der Waals surface area contributed by atoms with Crippen molar-refractivity contribution in [2.24, 2.45) is 0 Å². The van der Waals surface area contributed by atoms with E-state index in [9.17, 15) is 4.79 Å². The van der Waals surface area contributed by atoms with Crippen LogP contribution in [0.4, 0.5) is 0 Å². The summed E-state index contributed by atoms with van der Waals surface area (Å²) in [4.78, 5) is 12.6. The summed E-state index contributed by atoms with van der Waals surface area (Å²) in [5.41, 5.74) is 0.613. The zero-order valence-corrected chi connectivity index (χ0v) is 12.1. The number of benzene rings is 1. The van der Waals surface area contributed by atoms with Crippen LogP contribution in [0.2, 0.25) is 0 Å². The van der Waals surface area contributed by atoms with Gasteiger partial charge in [0.2, 0.25) is 5.78 Å². The van der Waals surface area contributed by atoms with Crippen LogP contribution < -0.4 is 0 Å². The first kappa shape index (κ1) is 15.2. The summed E-state index contributed by atoms with van der Waals surface area (Å²) in [5, 5.41) is 0. The summed E-state index contributed by atoms with van der Waals surface area (Å²) in [6.45, 7) is 5.62. The highest BCUT2D eigenvalue weighted by Gasteiger charge is 2.64. The molecule has 0 aromatic heterocycles. The van der Waals surface area contributed by atoms with Crippen molar-refractivity contribution < 1.29 is 19.0 Å². The van der Waals surface area contributed by atoms with Gasteiger partial charge in [-0.15, -0.1) is 0 Å². The van der Waals surface area contributed by atoms with E-state index in [0.29, 0.717) is 25.4 Å². The quantitative estimate of drug-likeness (QED) is 0.396. The van der Waals surface area contributed by atoms with Gasteiger partial charge in [0.15, 0.2) is 0 Å². The second kappa shape index (κ2) is 6.97. The molecule has 2 rings (SSSR count). The average Bonchev–Trinajstić information content (AvgIpc) is 3.20. The maximum Gasteiger partial charge on any atom is 0.263 e. The summed E-state index contributed by atoms with van der Waals surface area (Å²) in [6, 6.07) is 9.12. The van der Waals surface area contributed by atoms with E-state index in [1.54, 1.807) is 12.1 Å². The van der Waals surface area contributed by atoms with Crippen molar-refractivity contribution in [3.8, 4) is 0 Å². The summed E-state index contributed by atoms with van der Waals surface area (Å²) < 4.78 is 16.7. The van der Waals surface area contributed by atoms with Crippen LogP contribution in [0.3, 0.4) is 0 Å². The van der Waals surface area contributed by atoms with E-state index in [2.05, 4.69) is 0 Å². The van der Waals surface area contributed by atoms with Gasteiger partial charge in [-0.05, 0) is 12.8 Å². The first-order valence-corrected chi connectivity index (χ1v) is 7.24. The van der Waals surface area contributed by atoms with E-state index in [-0.39, 0.29) is 11.9 Å². The lowest BCUT2D eigenvalue weighted by molar-refractivity contribution is -0.0252. The summed E-state index contributed by atoms with van der Waals surface area (Å²) in [5.74, 6) is -1.25. The minimum atomic E-state index is -1.13. The SMILES string of the molecule is CCCOCC1OC1(OCCC)C(=O)c1ccccc1. The molecule has 0 N–H and O–H groups in total. The Morgan fingerprint density at radius 1 is 1.20 bits per heavy atom. The standard InChI is InChI=1S/C16H22O4/c1-3-10-18-12-14-16(20-14,19-11-4-2)15(17)13-8-6-5-7-9-13/h5-9,14H,3-4,10-12H2,1-2H3. The van der Waals surface area contributed by atoms with E-state index >= 15 is 0 Å². The number of epoxide rings is 1. The van der Waals surface area contributed by atoms with Crippen molar-refractivity contribution >= 4 is 5.78 Å². The Morgan fingerprint density at radius 2 is 1.90 bits per heavy atom. The van der Waals surface area contributed by atoms with Crippen LogP contribution in [0, 0.1) is 0 Å². The molecule has 0 saturated carbocycles. The number of hydrogen-bond acceptors (Lipinski definition) is 4. The van der Waals surface area contributed by atoms with E-state index in [1.165, 1.54) is 0 Å². The number of hydrogen-bond donors (Lipinski definition) is 0. The highest BCUT2D eigenvalue weighted by molar-refractivity contribution is 6.03.